The lowest BCUT2D eigenvalue weighted by Gasteiger charge is -2.37. The van der Waals surface area contributed by atoms with E-state index in [4.69, 9.17) is 0 Å². The molecule has 1 fully saturated rings. The van der Waals surface area contributed by atoms with Gasteiger partial charge in [-0.1, -0.05) is 12.1 Å². The third-order valence-electron chi connectivity index (χ3n) is 5.26. The van der Waals surface area contributed by atoms with Gasteiger partial charge in [-0.05, 0) is 48.4 Å². The molecule has 0 spiro atoms. The highest BCUT2D eigenvalue weighted by molar-refractivity contribution is 5.94. The normalized spacial score (nSPS) is 14.6. The van der Waals surface area contributed by atoms with Gasteiger partial charge >= 0.3 is 0 Å². The van der Waals surface area contributed by atoms with Crippen molar-refractivity contribution >= 4 is 17.6 Å². The largest absolute Gasteiger partial charge is 0.368 e. The fraction of sp³-hybridized carbons (Fsp3) is 0.391. The molecule has 0 bridgehead atoms. The Hall–Kier alpha value is -3.09. The fourth-order valence-electron chi connectivity index (χ4n) is 3.60. The van der Waals surface area contributed by atoms with Gasteiger partial charge in [0.15, 0.2) is 5.96 Å². The Morgan fingerprint density at radius 3 is 2.43 bits per heavy atom. The quantitative estimate of drug-likeness (QED) is 0.607. The van der Waals surface area contributed by atoms with Crippen LogP contribution in [-0.2, 0) is 6.42 Å². The van der Waals surface area contributed by atoms with E-state index in [1.165, 1.54) is 12.1 Å². The highest BCUT2D eigenvalue weighted by Crippen LogP contribution is 2.17. The van der Waals surface area contributed by atoms with Crippen LogP contribution in [0.2, 0.25) is 0 Å². The number of anilines is 1. The van der Waals surface area contributed by atoms with Crippen LogP contribution in [0.5, 0.6) is 0 Å². The highest BCUT2D eigenvalue weighted by atomic mass is 19.1. The van der Waals surface area contributed by atoms with E-state index < -0.39 is 0 Å². The minimum atomic E-state index is -0.210. The Morgan fingerprint density at radius 1 is 1.10 bits per heavy atom. The predicted molar refractivity (Wildman–Crippen MR) is 120 cm³/mol. The maximum Gasteiger partial charge on any atom is 0.253 e. The van der Waals surface area contributed by atoms with Crippen LogP contribution >= 0.6 is 0 Å². The molecule has 0 aromatic heterocycles. The molecule has 1 N–H and O–H groups in total. The smallest absolute Gasteiger partial charge is 0.253 e. The number of halogens is 1. The van der Waals surface area contributed by atoms with Crippen molar-refractivity contribution in [1.82, 2.24) is 15.1 Å². The molecule has 3 rings (SSSR count). The lowest BCUT2D eigenvalue weighted by Crippen LogP contribution is -2.52. The van der Waals surface area contributed by atoms with E-state index in [9.17, 15) is 9.18 Å². The highest BCUT2D eigenvalue weighted by Gasteiger charge is 2.19. The molecular formula is C23H30FN5O. The van der Waals surface area contributed by atoms with Gasteiger partial charge in [0.1, 0.15) is 5.82 Å². The Kier molecular flexibility index (Phi) is 7.27. The van der Waals surface area contributed by atoms with Gasteiger partial charge in [0.2, 0.25) is 0 Å². The number of hydrogen-bond acceptors (Lipinski definition) is 3. The molecule has 2 aromatic rings. The van der Waals surface area contributed by atoms with Crippen LogP contribution < -0.4 is 10.2 Å². The summed E-state index contributed by atoms with van der Waals surface area (Å²) in [6.07, 6.45) is 0.809. The maximum atomic E-state index is 13.1. The number of nitrogens with zero attached hydrogens (tertiary/aromatic N) is 4. The zero-order valence-electron chi connectivity index (χ0n) is 17.9. The van der Waals surface area contributed by atoms with Gasteiger partial charge in [0, 0.05) is 65.1 Å². The van der Waals surface area contributed by atoms with Crippen LogP contribution in [0.15, 0.2) is 53.5 Å². The summed E-state index contributed by atoms with van der Waals surface area (Å²) in [5.41, 5.74) is 2.87. The lowest BCUT2D eigenvalue weighted by molar-refractivity contribution is 0.0827. The number of benzene rings is 2. The van der Waals surface area contributed by atoms with Gasteiger partial charge in [0.05, 0.1) is 0 Å². The van der Waals surface area contributed by atoms with Gasteiger partial charge in [-0.25, -0.2) is 4.39 Å². The van der Waals surface area contributed by atoms with E-state index in [2.05, 4.69) is 20.1 Å². The topological polar surface area (TPSA) is 51.2 Å². The van der Waals surface area contributed by atoms with Crippen molar-refractivity contribution in [2.24, 2.45) is 4.99 Å². The van der Waals surface area contributed by atoms with E-state index in [1.807, 2.05) is 36.4 Å². The number of guanidine groups is 1. The SMILES string of the molecule is CN=C(NCCc1cccc(C(=O)N(C)C)c1)N1CCN(c2ccc(F)cc2)CC1. The van der Waals surface area contributed by atoms with Crippen LogP contribution in [0.25, 0.3) is 0 Å². The minimum Gasteiger partial charge on any atom is -0.368 e. The van der Waals surface area contributed by atoms with E-state index in [-0.39, 0.29) is 11.7 Å². The number of rotatable bonds is 5. The summed E-state index contributed by atoms with van der Waals surface area (Å²) in [6, 6.07) is 14.4. The van der Waals surface area contributed by atoms with Crippen LogP contribution in [-0.4, -0.2) is 75.5 Å². The van der Waals surface area contributed by atoms with Crippen molar-refractivity contribution in [2.75, 3.05) is 58.8 Å². The standard InChI is InChI=1S/C23H30FN5O/c1-25-23(26-12-11-18-5-4-6-19(17-18)22(30)27(2)3)29-15-13-28(14-16-29)21-9-7-20(24)8-10-21/h4-10,17H,11-16H2,1-3H3,(H,25,26). The molecule has 1 aliphatic rings. The monoisotopic (exact) mass is 411 g/mol. The van der Waals surface area contributed by atoms with Crippen molar-refractivity contribution < 1.29 is 9.18 Å². The average molecular weight is 412 g/mol. The molecular weight excluding hydrogens is 381 g/mol. The summed E-state index contributed by atoms with van der Waals surface area (Å²) < 4.78 is 13.1. The van der Waals surface area contributed by atoms with Crippen molar-refractivity contribution in [3.8, 4) is 0 Å². The van der Waals surface area contributed by atoms with Crippen molar-refractivity contribution in [2.45, 2.75) is 6.42 Å². The predicted octanol–water partition coefficient (Wildman–Crippen LogP) is 2.47. The Balaban J connectivity index is 1.49. The van der Waals surface area contributed by atoms with Crippen molar-refractivity contribution in [3.63, 3.8) is 0 Å². The third kappa shape index (κ3) is 5.49. The molecule has 30 heavy (non-hydrogen) atoms. The molecule has 0 unspecified atom stereocenters. The third-order valence-corrected chi connectivity index (χ3v) is 5.26. The molecule has 7 heteroatoms. The Labute approximate surface area is 178 Å². The fourth-order valence-corrected chi connectivity index (χ4v) is 3.60. The first kappa shape index (κ1) is 21.6. The minimum absolute atomic E-state index is 0.0136. The average Bonchev–Trinajstić information content (AvgIpc) is 2.77. The first-order valence-electron chi connectivity index (χ1n) is 10.2. The first-order valence-corrected chi connectivity index (χ1v) is 10.2. The number of carbonyl (C=O) groups excluding carboxylic acids is 1. The second kappa shape index (κ2) is 10.1. The summed E-state index contributed by atoms with van der Waals surface area (Å²) in [5.74, 6) is 0.688. The van der Waals surface area contributed by atoms with Crippen molar-refractivity contribution in [3.05, 3.63) is 65.5 Å². The Bertz CT molecular complexity index is 873. The number of amides is 1. The molecule has 1 amide bonds. The number of hydrogen-bond donors (Lipinski definition) is 1. The zero-order valence-corrected chi connectivity index (χ0v) is 17.9. The van der Waals surface area contributed by atoms with Crippen LogP contribution in [0.4, 0.5) is 10.1 Å². The summed E-state index contributed by atoms with van der Waals surface area (Å²) in [6.45, 7) is 4.17. The Morgan fingerprint density at radius 2 is 1.80 bits per heavy atom. The van der Waals surface area contributed by atoms with Crippen LogP contribution in [0, 0.1) is 5.82 Å². The molecule has 2 aromatic carbocycles. The van der Waals surface area contributed by atoms with Gasteiger partial charge in [0.25, 0.3) is 5.91 Å². The van der Waals surface area contributed by atoms with Gasteiger partial charge in [-0.3, -0.25) is 9.79 Å². The van der Waals surface area contributed by atoms with E-state index in [1.54, 1.807) is 26.0 Å². The second-order valence-corrected chi connectivity index (χ2v) is 7.57. The number of nitrogens with one attached hydrogen (secondary N) is 1. The second-order valence-electron chi connectivity index (χ2n) is 7.57. The number of carbonyl (C=O) groups is 1. The molecule has 0 radical (unpaired) electrons. The molecule has 0 aliphatic carbocycles. The molecule has 1 aliphatic heterocycles. The van der Waals surface area contributed by atoms with Crippen LogP contribution in [0.1, 0.15) is 15.9 Å². The molecule has 6 nitrogen and oxygen atoms in total. The molecule has 160 valence electrons. The first-order chi connectivity index (χ1) is 14.5. The van der Waals surface area contributed by atoms with Crippen LogP contribution in [0.3, 0.4) is 0 Å². The number of piperazine rings is 1. The van der Waals surface area contributed by atoms with E-state index in [0.717, 1.165) is 56.4 Å². The summed E-state index contributed by atoms with van der Waals surface area (Å²) in [5, 5.41) is 3.43. The van der Waals surface area contributed by atoms with Gasteiger partial charge in [-0.15, -0.1) is 0 Å². The summed E-state index contributed by atoms with van der Waals surface area (Å²) in [7, 11) is 5.32. The molecule has 1 saturated heterocycles. The summed E-state index contributed by atoms with van der Waals surface area (Å²) >= 11 is 0. The van der Waals surface area contributed by atoms with E-state index >= 15 is 0 Å². The zero-order chi connectivity index (χ0) is 21.5. The summed E-state index contributed by atoms with van der Waals surface area (Å²) in [4.78, 5) is 22.7. The van der Waals surface area contributed by atoms with Gasteiger partial charge in [-0.2, -0.15) is 0 Å². The maximum absolute atomic E-state index is 13.1. The number of aliphatic imine (C=N–C) groups is 1. The molecule has 0 atom stereocenters. The van der Waals surface area contributed by atoms with E-state index in [0.29, 0.717) is 5.56 Å². The molecule has 1 heterocycles. The lowest BCUT2D eigenvalue weighted by atomic mass is 10.1. The van der Waals surface area contributed by atoms with Crippen molar-refractivity contribution in [1.29, 1.82) is 0 Å². The van der Waals surface area contributed by atoms with Gasteiger partial charge < -0.3 is 20.0 Å². The molecule has 0 saturated carbocycles.